The summed E-state index contributed by atoms with van der Waals surface area (Å²) >= 11 is 0. The third-order valence-corrected chi connectivity index (χ3v) is 1.46. The van der Waals surface area contributed by atoms with Gasteiger partial charge in [-0.25, -0.2) is 0 Å². The van der Waals surface area contributed by atoms with Crippen molar-refractivity contribution >= 4 is 39.7 Å². The summed E-state index contributed by atoms with van der Waals surface area (Å²) in [6.45, 7) is 4.80. The van der Waals surface area contributed by atoms with E-state index in [0.29, 0.717) is 0 Å². The van der Waals surface area contributed by atoms with Crippen LogP contribution >= 0.6 is 0 Å². The van der Waals surface area contributed by atoms with Gasteiger partial charge >= 0.3 is 29.6 Å². The van der Waals surface area contributed by atoms with Crippen LogP contribution in [0, 0.1) is 0 Å². The Balaban J connectivity index is 0. The van der Waals surface area contributed by atoms with Crippen LogP contribution in [0.2, 0.25) is 0 Å². The molecule has 50 valence electrons. The van der Waals surface area contributed by atoms with Crippen molar-refractivity contribution in [2.75, 3.05) is 6.61 Å². The molecule has 0 aliphatic rings. The summed E-state index contributed by atoms with van der Waals surface area (Å²) in [5.74, 6) is 0. The molecule has 0 rings (SSSR count). The Hall–Kier alpha value is 0.650. The van der Waals surface area contributed by atoms with Crippen molar-refractivity contribution < 1.29 is 12.6 Å². The Kier molecular flexibility index (Phi) is 7.45. The predicted molar refractivity (Wildman–Crippen MR) is 37.9 cm³/mol. The first-order valence-corrected chi connectivity index (χ1v) is 3.61. The molecule has 0 fully saturated rings. The van der Waals surface area contributed by atoms with Gasteiger partial charge in [0.05, 0.1) is 12.0 Å². The normalized spacial score (nSPS) is 9.89. The van der Waals surface area contributed by atoms with Crippen LogP contribution in [0.1, 0.15) is 6.92 Å². The second-order valence-corrected chi connectivity index (χ2v) is 2.62. The van der Waals surface area contributed by atoms with Crippen LogP contribution in [0.4, 0.5) is 0 Å². The molecule has 9 heavy (non-hydrogen) atoms. The average Bonchev–Trinajstić information content (AvgIpc) is 1.67. The quantitative estimate of drug-likeness (QED) is 0.426. The van der Waals surface area contributed by atoms with E-state index in [-0.39, 0.29) is 36.2 Å². The van der Waals surface area contributed by atoms with E-state index in [1.54, 1.807) is 6.92 Å². The molecule has 0 aromatic carbocycles. The van der Waals surface area contributed by atoms with E-state index >= 15 is 0 Å². The fraction of sp³-hybridized carbons (Fsp3) is 0.500. The molecule has 0 heterocycles. The summed E-state index contributed by atoms with van der Waals surface area (Å²) in [4.78, 5) is 0. The van der Waals surface area contributed by atoms with Gasteiger partial charge in [0.25, 0.3) is 10.1 Å². The minimum absolute atomic E-state index is 0. The van der Waals surface area contributed by atoms with Crippen LogP contribution in [0.25, 0.3) is 0 Å². The van der Waals surface area contributed by atoms with Crippen LogP contribution in [0.3, 0.4) is 0 Å². The van der Waals surface area contributed by atoms with Crippen molar-refractivity contribution in [1.82, 2.24) is 0 Å². The Bertz CT molecular complexity index is 161. The van der Waals surface area contributed by atoms with Crippen molar-refractivity contribution in [2.45, 2.75) is 6.92 Å². The van der Waals surface area contributed by atoms with Gasteiger partial charge in [-0.2, -0.15) is 8.42 Å². The van der Waals surface area contributed by atoms with Gasteiger partial charge in [-0.05, 0) is 6.92 Å². The van der Waals surface area contributed by atoms with E-state index in [4.69, 9.17) is 0 Å². The standard InChI is InChI=1S/C4H8O3S.Na.H/c1-3-7-8(5,6)4-2;;/h4H,2-3H2,1H3;;. The second kappa shape index (κ2) is 5.44. The molecule has 0 aliphatic heterocycles. The van der Waals surface area contributed by atoms with E-state index in [0.717, 1.165) is 5.41 Å². The molecule has 0 unspecified atom stereocenters. The van der Waals surface area contributed by atoms with E-state index in [1.807, 2.05) is 0 Å². The van der Waals surface area contributed by atoms with Crippen molar-refractivity contribution in [3.63, 3.8) is 0 Å². The first-order valence-electron chi connectivity index (χ1n) is 2.14. The Labute approximate surface area is 77.5 Å². The summed E-state index contributed by atoms with van der Waals surface area (Å²) in [6, 6.07) is 0. The molecule has 0 saturated heterocycles. The van der Waals surface area contributed by atoms with Crippen molar-refractivity contribution in [1.29, 1.82) is 0 Å². The van der Waals surface area contributed by atoms with Gasteiger partial charge < -0.3 is 0 Å². The zero-order valence-electron chi connectivity index (χ0n) is 4.62. The molecule has 0 N–H and O–H groups in total. The second-order valence-electron chi connectivity index (χ2n) is 1.07. The SMILES string of the molecule is C=CS(=O)(=O)OCC.[NaH]. The summed E-state index contributed by atoms with van der Waals surface area (Å²) in [7, 11) is -3.41. The third-order valence-electron chi connectivity index (χ3n) is 0.486. The van der Waals surface area contributed by atoms with Gasteiger partial charge in [0.1, 0.15) is 0 Å². The molecule has 0 atom stereocenters. The maximum absolute atomic E-state index is 10.3. The zero-order valence-corrected chi connectivity index (χ0v) is 5.44. The van der Waals surface area contributed by atoms with Gasteiger partial charge in [-0.3, -0.25) is 4.18 Å². The molecular weight excluding hydrogens is 151 g/mol. The molecule has 0 aromatic rings. The predicted octanol–water partition coefficient (Wildman–Crippen LogP) is -0.152. The van der Waals surface area contributed by atoms with Gasteiger partial charge in [-0.1, -0.05) is 6.58 Å². The van der Waals surface area contributed by atoms with Crippen molar-refractivity contribution in [2.24, 2.45) is 0 Å². The topological polar surface area (TPSA) is 43.4 Å². The molecule has 3 nitrogen and oxygen atoms in total. The number of hydrogen-bond donors (Lipinski definition) is 0. The Morgan fingerprint density at radius 3 is 2.22 bits per heavy atom. The average molecular weight is 160 g/mol. The molecule has 5 heteroatoms. The molecule has 0 radical (unpaired) electrons. The van der Waals surface area contributed by atoms with E-state index < -0.39 is 10.1 Å². The summed E-state index contributed by atoms with van der Waals surface area (Å²) in [5, 5.41) is 0.774. The molecular formula is C4H9NaO3S. The minimum atomic E-state index is -3.41. The summed E-state index contributed by atoms with van der Waals surface area (Å²) in [6.07, 6.45) is 0. The van der Waals surface area contributed by atoms with Crippen molar-refractivity contribution in [3.05, 3.63) is 12.0 Å². The summed E-state index contributed by atoms with van der Waals surface area (Å²) < 4.78 is 24.8. The Morgan fingerprint density at radius 1 is 1.67 bits per heavy atom. The fourth-order valence-electron chi connectivity index (χ4n) is 0.212. The van der Waals surface area contributed by atoms with Gasteiger partial charge in [-0.15, -0.1) is 0 Å². The zero-order chi connectivity index (χ0) is 6.62. The molecule has 0 aromatic heterocycles. The van der Waals surface area contributed by atoms with Crippen LogP contribution < -0.4 is 0 Å². The van der Waals surface area contributed by atoms with Crippen LogP contribution in [-0.4, -0.2) is 44.6 Å². The first-order chi connectivity index (χ1) is 3.62. The maximum atomic E-state index is 10.3. The molecule has 0 bridgehead atoms. The third kappa shape index (κ3) is 6.54. The molecule has 0 aliphatic carbocycles. The van der Waals surface area contributed by atoms with Crippen LogP contribution in [-0.2, 0) is 14.3 Å². The first kappa shape index (κ1) is 12.3. The summed E-state index contributed by atoms with van der Waals surface area (Å²) in [5.41, 5.74) is 0. The number of rotatable bonds is 3. The van der Waals surface area contributed by atoms with E-state index in [9.17, 15) is 8.42 Å². The van der Waals surface area contributed by atoms with Gasteiger partial charge in [0.15, 0.2) is 0 Å². The molecule has 0 amide bonds. The van der Waals surface area contributed by atoms with Crippen molar-refractivity contribution in [3.8, 4) is 0 Å². The van der Waals surface area contributed by atoms with Gasteiger partial charge in [0, 0.05) is 0 Å². The number of hydrogen-bond acceptors (Lipinski definition) is 3. The Morgan fingerprint density at radius 2 is 2.11 bits per heavy atom. The van der Waals surface area contributed by atoms with Gasteiger partial charge in [0.2, 0.25) is 0 Å². The monoisotopic (exact) mass is 160 g/mol. The van der Waals surface area contributed by atoms with Crippen LogP contribution in [0.5, 0.6) is 0 Å². The van der Waals surface area contributed by atoms with Crippen LogP contribution in [0.15, 0.2) is 12.0 Å². The fourth-order valence-corrected chi connectivity index (χ4v) is 0.637. The van der Waals surface area contributed by atoms with E-state index in [1.165, 1.54) is 0 Å². The molecule has 0 saturated carbocycles. The van der Waals surface area contributed by atoms with E-state index in [2.05, 4.69) is 10.8 Å². The molecule has 0 spiro atoms.